The number of hydrogen-bond donors (Lipinski definition) is 1. The van der Waals surface area contributed by atoms with Crippen LogP contribution in [0.5, 0.6) is 5.75 Å². The zero-order chi connectivity index (χ0) is 18.1. The summed E-state index contributed by atoms with van der Waals surface area (Å²) in [5.74, 6) is -3.16. The van der Waals surface area contributed by atoms with Crippen molar-refractivity contribution in [3.8, 4) is 11.4 Å². The highest BCUT2D eigenvalue weighted by Crippen LogP contribution is 2.22. The van der Waals surface area contributed by atoms with E-state index in [1.165, 1.54) is 35.0 Å². The minimum atomic E-state index is -1.19. The van der Waals surface area contributed by atoms with Gasteiger partial charge in [0, 0.05) is 18.0 Å². The van der Waals surface area contributed by atoms with Crippen LogP contribution in [0.4, 0.5) is 8.78 Å². The second-order valence-corrected chi connectivity index (χ2v) is 5.26. The van der Waals surface area contributed by atoms with Gasteiger partial charge in [-0.2, -0.15) is 0 Å². The number of nitrogens with zero attached hydrogens (tertiary/aromatic N) is 1. The van der Waals surface area contributed by atoms with Gasteiger partial charge in [0.1, 0.15) is 11.3 Å². The maximum absolute atomic E-state index is 13.7. The van der Waals surface area contributed by atoms with E-state index in [2.05, 4.69) is 0 Å². The fourth-order valence-electron chi connectivity index (χ4n) is 2.50. The van der Waals surface area contributed by atoms with Crippen LogP contribution < -0.4 is 5.43 Å². The van der Waals surface area contributed by atoms with Crippen LogP contribution in [0.15, 0.2) is 47.4 Å². The topological polar surface area (TPSA) is 68.5 Å². The summed E-state index contributed by atoms with van der Waals surface area (Å²) in [5, 5.41) is 9.26. The number of aromatic nitrogens is 1. The molecular formula is C18H13F2NO4. The molecule has 0 saturated carbocycles. The number of phenolic OH excluding ortho intramolecular Hbond substituents is 1. The number of aromatic hydroxyl groups is 1. The van der Waals surface area contributed by atoms with Crippen LogP contribution in [0.1, 0.15) is 17.3 Å². The predicted molar refractivity (Wildman–Crippen MR) is 87.1 cm³/mol. The van der Waals surface area contributed by atoms with Crippen molar-refractivity contribution in [3.63, 3.8) is 0 Å². The molecule has 25 heavy (non-hydrogen) atoms. The van der Waals surface area contributed by atoms with Gasteiger partial charge >= 0.3 is 5.97 Å². The lowest BCUT2D eigenvalue weighted by Gasteiger charge is -2.14. The Morgan fingerprint density at radius 2 is 1.80 bits per heavy atom. The summed E-state index contributed by atoms with van der Waals surface area (Å²) in [7, 11) is 0. The van der Waals surface area contributed by atoms with E-state index in [4.69, 9.17) is 4.74 Å². The van der Waals surface area contributed by atoms with Crippen LogP contribution >= 0.6 is 0 Å². The van der Waals surface area contributed by atoms with Crippen LogP contribution in [0.25, 0.3) is 16.6 Å². The van der Waals surface area contributed by atoms with Gasteiger partial charge in [0.05, 0.1) is 17.5 Å². The Bertz CT molecular complexity index is 1030. The summed E-state index contributed by atoms with van der Waals surface area (Å²) in [6.07, 6.45) is 1.21. The molecule has 0 saturated heterocycles. The first kappa shape index (κ1) is 16.6. The fraction of sp³-hybridized carbons (Fsp3) is 0.111. The quantitative estimate of drug-likeness (QED) is 0.741. The van der Waals surface area contributed by atoms with Crippen molar-refractivity contribution in [2.75, 3.05) is 6.61 Å². The molecule has 0 aliphatic rings. The Labute approximate surface area is 140 Å². The molecule has 2 aromatic carbocycles. The number of benzene rings is 2. The van der Waals surface area contributed by atoms with Crippen molar-refractivity contribution < 1.29 is 23.4 Å². The average molecular weight is 345 g/mol. The number of carbonyl (C=O) groups is 1. The van der Waals surface area contributed by atoms with E-state index in [-0.39, 0.29) is 28.8 Å². The second kappa shape index (κ2) is 6.35. The van der Waals surface area contributed by atoms with E-state index < -0.39 is 23.0 Å². The maximum Gasteiger partial charge on any atom is 0.343 e. The molecule has 128 valence electrons. The number of fused-ring (bicyclic) bond motifs is 1. The number of esters is 1. The molecule has 7 heteroatoms. The minimum Gasteiger partial charge on any atom is -0.508 e. The van der Waals surface area contributed by atoms with Crippen LogP contribution in [0.3, 0.4) is 0 Å². The molecule has 0 unspecified atom stereocenters. The lowest BCUT2D eigenvalue weighted by Crippen LogP contribution is -2.21. The van der Waals surface area contributed by atoms with E-state index in [9.17, 15) is 23.5 Å². The number of ether oxygens (including phenoxy) is 1. The van der Waals surface area contributed by atoms with E-state index in [1.807, 2.05) is 0 Å². The molecule has 5 nitrogen and oxygen atoms in total. The number of pyridine rings is 1. The van der Waals surface area contributed by atoms with Gasteiger partial charge < -0.3 is 14.4 Å². The molecule has 0 spiro atoms. The number of phenols is 1. The van der Waals surface area contributed by atoms with Gasteiger partial charge in [-0.1, -0.05) is 0 Å². The molecule has 0 fully saturated rings. The molecule has 0 bridgehead atoms. The summed E-state index contributed by atoms with van der Waals surface area (Å²) < 4.78 is 33.5. The third kappa shape index (κ3) is 2.96. The third-order valence-corrected chi connectivity index (χ3v) is 3.67. The molecule has 0 atom stereocenters. The highest BCUT2D eigenvalue weighted by Gasteiger charge is 2.19. The summed E-state index contributed by atoms with van der Waals surface area (Å²) in [4.78, 5) is 24.6. The van der Waals surface area contributed by atoms with Crippen molar-refractivity contribution in [3.05, 3.63) is 70.0 Å². The van der Waals surface area contributed by atoms with Gasteiger partial charge in [-0.25, -0.2) is 13.6 Å². The Morgan fingerprint density at radius 1 is 1.16 bits per heavy atom. The van der Waals surface area contributed by atoms with Crippen molar-refractivity contribution in [2.45, 2.75) is 6.92 Å². The number of halogens is 2. The van der Waals surface area contributed by atoms with Gasteiger partial charge in [0.2, 0.25) is 5.43 Å². The molecule has 3 aromatic rings. The van der Waals surface area contributed by atoms with Gasteiger partial charge in [-0.3, -0.25) is 4.79 Å². The molecule has 0 aliphatic carbocycles. The zero-order valence-corrected chi connectivity index (χ0v) is 13.1. The van der Waals surface area contributed by atoms with Gasteiger partial charge in [0.25, 0.3) is 0 Å². The largest absolute Gasteiger partial charge is 0.508 e. The summed E-state index contributed by atoms with van der Waals surface area (Å²) >= 11 is 0. The maximum atomic E-state index is 13.7. The predicted octanol–water partition coefficient (Wildman–Crippen LogP) is 3.15. The molecule has 0 radical (unpaired) electrons. The molecular weight excluding hydrogens is 332 g/mol. The van der Waals surface area contributed by atoms with Gasteiger partial charge in [-0.05, 0) is 37.3 Å². The van der Waals surface area contributed by atoms with Crippen LogP contribution in [-0.4, -0.2) is 22.2 Å². The van der Waals surface area contributed by atoms with Crippen LogP contribution in [0, 0.1) is 11.6 Å². The number of carbonyl (C=O) groups excluding carboxylic acids is 1. The highest BCUT2D eigenvalue weighted by atomic mass is 19.2. The standard InChI is InChI=1S/C18H13F2NO4/c1-2-25-18(24)13-9-21(10-3-5-11(22)6-4-10)16-8-15(20)14(19)7-12(16)17(13)23/h3-9,22H,2H2,1H3. The SMILES string of the molecule is CCOC(=O)c1cn(-c2ccc(O)cc2)c2cc(F)c(F)cc2c1=O. The van der Waals surface area contributed by atoms with Crippen molar-refractivity contribution in [1.29, 1.82) is 0 Å². The monoisotopic (exact) mass is 345 g/mol. The number of hydrogen-bond acceptors (Lipinski definition) is 4. The smallest absolute Gasteiger partial charge is 0.343 e. The molecule has 1 aromatic heterocycles. The second-order valence-electron chi connectivity index (χ2n) is 5.26. The lowest BCUT2D eigenvalue weighted by molar-refractivity contribution is 0.0524. The number of rotatable bonds is 3. The molecule has 0 amide bonds. The Hall–Kier alpha value is -3.22. The summed E-state index contributed by atoms with van der Waals surface area (Å²) in [6, 6.07) is 7.44. The first-order chi connectivity index (χ1) is 11.9. The summed E-state index contributed by atoms with van der Waals surface area (Å²) in [6.45, 7) is 1.65. The van der Waals surface area contributed by atoms with Crippen LogP contribution in [-0.2, 0) is 4.74 Å². The van der Waals surface area contributed by atoms with E-state index in [0.29, 0.717) is 5.69 Å². The Morgan fingerprint density at radius 3 is 2.44 bits per heavy atom. The van der Waals surface area contributed by atoms with Crippen molar-refractivity contribution in [1.82, 2.24) is 4.57 Å². The molecule has 1 N–H and O–H groups in total. The summed E-state index contributed by atoms with van der Waals surface area (Å²) in [5.41, 5.74) is -0.516. The van der Waals surface area contributed by atoms with Gasteiger partial charge in [0.15, 0.2) is 11.6 Å². The first-order valence-electron chi connectivity index (χ1n) is 7.43. The fourth-order valence-corrected chi connectivity index (χ4v) is 2.50. The molecule has 3 rings (SSSR count). The normalized spacial score (nSPS) is 10.8. The van der Waals surface area contributed by atoms with Gasteiger partial charge in [-0.15, -0.1) is 0 Å². The van der Waals surface area contributed by atoms with Crippen LogP contribution in [0.2, 0.25) is 0 Å². The Kier molecular flexibility index (Phi) is 4.22. The van der Waals surface area contributed by atoms with E-state index >= 15 is 0 Å². The van der Waals surface area contributed by atoms with E-state index in [0.717, 1.165) is 12.1 Å². The van der Waals surface area contributed by atoms with Crippen molar-refractivity contribution >= 4 is 16.9 Å². The minimum absolute atomic E-state index is 0.0111. The molecule has 0 aliphatic heterocycles. The lowest BCUT2D eigenvalue weighted by atomic mass is 10.1. The molecule has 1 heterocycles. The van der Waals surface area contributed by atoms with E-state index in [1.54, 1.807) is 6.92 Å². The first-order valence-corrected chi connectivity index (χ1v) is 7.43. The third-order valence-electron chi connectivity index (χ3n) is 3.67. The average Bonchev–Trinajstić information content (AvgIpc) is 2.58. The zero-order valence-electron chi connectivity index (χ0n) is 13.1. The highest BCUT2D eigenvalue weighted by molar-refractivity contribution is 5.94. The van der Waals surface area contributed by atoms with Crippen molar-refractivity contribution in [2.24, 2.45) is 0 Å². The Balaban J connectivity index is 2.39.